The van der Waals surface area contributed by atoms with Gasteiger partial charge >= 0.3 is 0 Å². The number of aryl methyl sites for hydroxylation is 3. The fourth-order valence-corrected chi connectivity index (χ4v) is 3.23. The van der Waals surface area contributed by atoms with Crippen molar-refractivity contribution in [2.45, 2.75) is 46.5 Å². The summed E-state index contributed by atoms with van der Waals surface area (Å²) < 4.78 is 13.9. The summed E-state index contributed by atoms with van der Waals surface area (Å²) in [5.74, 6) is 3.25. The molecule has 0 spiro atoms. The molecule has 0 amide bonds. The zero-order chi connectivity index (χ0) is 20.1. The molecule has 0 radical (unpaired) electrons. The molecular formula is C23H28N2O3. The van der Waals surface area contributed by atoms with E-state index in [2.05, 4.69) is 18.9 Å². The van der Waals surface area contributed by atoms with Crippen molar-refractivity contribution in [2.75, 3.05) is 0 Å². The fourth-order valence-electron chi connectivity index (χ4n) is 3.23. The van der Waals surface area contributed by atoms with Crippen LogP contribution in [-0.2, 0) is 19.9 Å². The first-order valence-corrected chi connectivity index (χ1v) is 9.82. The predicted molar refractivity (Wildman–Crippen MR) is 111 cm³/mol. The molecule has 0 saturated heterocycles. The highest BCUT2D eigenvalue weighted by Gasteiger charge is 2.14. The third-order valence-corrected chi connectivity index (χ3v) is 4.63. The summed E-state index contributed by atoms with van der Waals surface area (Å²) >= 11 is 0. The standard InChI is InChI=1S/C23H28N2O3/c1-5-7-17-15-18(26)9-14-22(17)27-19-10-12-20(13-11-19)28-23-16(3)21(8-6-2)24-25(23)4/h9-15,26H,5-8H2,1-4H3. The molecular weight excluding hydrogens is 352 g/mol. The molecule has 0 aliphatic heterocycles. The SMILES string of the molecule is CCCc1cc(O)ccc1Oc1ccc(Oc2c(C)c(CCC)nn2C)cc1. The second kappa shape index (κ2) is 8.83. The summed E-state index contributed by atoms with van der Waals surface area (Å²) in [4.78, 5) is 0. The van der Waals surface area contributed by atoms with Crippen LogP contribution in [0.25, 0.3) is 0 Å². The van der Waals surface area contributed by atoms with Gasteiger partial charge in [-0.05, 0) is 67.8 Å². The number of phenolic OH excluding ortho intramolecular Hbond substituents is 1. The van der Waals surface area contributed by atoms with Crippen LogP contribution < -0.4 is 9.47 Å². The van der Waals surface area contributed by atoms with Crippen LogP contribution in [0.4, 0.5) is 0 Å². The van der Waals surface area contributed by atoms with Crippen molar-refractivity contribution in [3.8, 4) is 28.9 Å². The average Bonchev–Trinajstić information content (AvgIpc) is 2.93. The van der Waals surface area contributed by atoms with Gasteiger partial charge in [0.15, 0.2) is 0 Å². The van der Waals surface area contributed by atoms with Crippen molar-refractivity contribution < 1.29 is 14.6 Å². The third-order valence-electron chi connectivity index (χ3n) is 4.63. The van der Waals surface area contributed by atoms with Crippen molar-refractivity contribution in [3.63, 3.8) is 0 Å². The Balaban J connectivity index is 1.74. The van der Waals surface area contributed by atoms with E-state index in [1.54, 1.807) is 22.9 Å². The summed E-state index contributed by atoms with van der Waals surface area (Å²) in [7, 11) is 1.90. The Hall–Kier alpha value is -2.95. The Morgan fingerprint density at radius 2 is 1.57 bits per heavy atom. The van der Waals surface area contributed by atoms with Crippen molar-refractivity contribution >= 4 is 0 Å². The Morgan fingerprint density at radius 1 is 0.929 bits per heavy atom. The summed E-state index contributed by atoms with van der Waals surface area (Å²) in [6, 6.07) is 12.8. The quantitative estimate of drug-likeness (QED) is 0.527. The molecule has 1 heterocycles. The van der Waals surface area contributed by atoms with Crippen LogP contribution in [0.15, 0.2) is 42.5 Å². The van der Waals surface area contributed by atoms with Crippen molar-refractivity contribution in [2.24, 2.45) is 7.05 Å². The molecule has 3 rings (SSSR count). The van der Waals surface area contributed by atoms with E-state index in [0.29, 0.717) is 0 Å². The lowest BCUT2D eigenvalue weighted by atomic mass is 10.1. The number of hydrogen-bond acceptors (Lipinski definition) is 4. The van der Waals surface area contributed by atoms with E-state index >= 15 is 0 Å². The number of aromatic hydroxyl groups is 1. The maximum Gasteiger partial charge on any atom is 0.220 e. The van der Waals surface area contributed by atoms with Gasteiger partial charge in [-0.25, -0.2) is 4.68 Å². The van der Waals surface area contributed by atoms with Gasteiger partial charge in [0.2, 0.25) is 5.88 Å². The molecule has 5 nitrogen and oxygen atoms in total. The summed E-state index contributed by atoms with van der Waals surface area (Å²) in [5.41, 5.74) is 3.16. The minimum absolute atomic E-state index is 0.258. The molecule has 3 aromatic rings. The smallest absolute Gasteiger partial charge is 0.220 e. The Labute approximate surface area is 166 Å². The first-order chi connectivity index (χ1) is 13.5. The van der Waals surface area contributed by atoms with Gasteiger partial charge in [0.25, 0.3) is 0 Å². The van der Waals surface area contributed by atoms with Gasteiger partial charge in [-0.2, -0.15) is 5.10 Å². The van der Waals surface area contributed by atoms with Gasteiger partial charge < -0.3 is 14.6 Å². The van der Waals surface area contributed by atoms with Crippen LogP contribution in [-0.4, -0.2) is 14.9 Å². The second-order valence-corrected chi connectivity index (χ2v) is 6.97. The van der Waals surface area contributed by atoms with Crippen LogP contribution in [0.5, 0.6) is 28.9 Å². The van der Waals surface area contributed by atoms with Gasteiger partial charge in [0, 0.05) is 12.6 Å². The van der Waals surface area contributed by atoms with Gasteiger partial charge in [0.05, 0.1) is 5.69 Å². The lowest BCUT2D eigenvalue weighted by Gasteiger charge is -2.12. The zero-order valence-electron chi connectivity index (χ0n) is 17.0. The zero-order valence-corrected chi connectivity index (χ0v) is 17.0. The van der Waals surface area contributed by atoms with E-state index in [9.17, 15) is 5.11 Å². The molecule has 0 fully saturated rings. The van der Waals surface area contributed by atoms with Crippen LogP contribution >= 0.6 is 0 Å². The van der Waals surface area contributed by atoms with Crippen LogP contribution in [0.1, 0.15) is 43.5 Å². The topological polar surface area (TPSA) is 56.5 Å². The minimum atomic E-state index is 0.258. The molecule has 0 aliphatic carbocycles. The van der Waals surface area contributed by atoms with Crippen LogP contribution in [0.3, 0.4) is 0 Å². The molecule has 2 aromatic carbocycles. The molecule has 1 N–H and O–H groups in total. The number of ether oxygens (including phenoxy) is 2. The third kappa shape index (κ3) is 4.47. The highest BCUT2D eigenvalue weighted by Crippen LogP contribution is 2.32. The van der Waals surface area contributed by atoms with Gasteiger partial charge in [0.1, 0.15) is 23.0 Å². The molecule has 0 bridgehead atoms. The Bertz CT molecular complexity index is 930. The van der Waals surface area contributed by atoms with Crippen molar-refractivity contribution in [1.29, 1.82) is 0 Å². The normalized spacial score (nSPS) is 10.9. The van der Waals surface area contributed by atoms with E-state index in [1.165, 1.54) is 0 Å². The maximum atomic E-state index is 9.71. The van der Waals surface area contributed by atoms with E-state index in [4.69, 9.17) is 9.47 Å². The lowest BCUT2D eigenvalue weighted by Crippen LogP contribution is -1.96. The Kier molecular flexibility index (Phi) is 6.24. The van der Waals surface area contributed by atoms with Gasteiger partial charge in [-0.3, -0.25) is 0 Å². The van der Waals surface area contributed by atoms with E-state index < -0.39 is 0 Å². The molecule has 0 aliphatic rings. The van der Waals surface area contributed by atoms with Crippen LogP contribution in [0.2, 0.25) is 0 Å². The van der Waals surface area contributed by atoms with E-state index in [-0.39, 0.29) is 5.75 Å². The van der Waals surface area contributed by atoms with Gasteiger partial charge in [-0.1, -0.05) is 26.7 Å². The highest BCUT2D eigenvalue weighted by molar-refractivity contribution is 5.44. The van der Waals surface area contributed by atoms with E-state index in [1.807, 2.05) is 38.2 Å². The van der Waals surface area contributed by atoms with E-state index in [0.717, 1.165) is 65.6 Å². The number of nitrogens with zero attached hydrogens (tertiary/aromatic N) is 2. The molecule has 0 saturated carbocycles. The lowest BCUT2D eigenvalue weighted by molar-refractivity contribution is 0.425. The Morgan fingerprint density at radius 3 is 2.21 bits per heavy atom. The highest BCUT2D eigenvalue weighted by atomic mass is 16.5. The molecule has 0 unspecified atom stereocenters. The summed E-state index contributed by atoms with van der Waals surface area (Å²) in [5, 5.41) is 14.3. The number of aromatic nitrogens is 2. The van der Waals surface area contributed by atoms with Crippen molar-refractivity contribution in [3.05, 3.63) is 59.3 Å². The predicted octanol–water partition coefficient (Wildman–Crippen LogP) is 5.92. The molecule has 5 heteroatoms. The average molecular weight is 380 g/mol. The summed E-state index contributed by atoms with van der Waals surface area (Å²) in [6.45, 7) is 6.30. The first-order valence-electron chi connectivity index (χ1n) is 9.82. The van der Waals surface area contributed by atoms with Crippen molar-refractivity contribution in [1.82, 2.24) is 9.78 Å². The fraction of sp³-hybridized carbons (Fsp3) is 0.348. The van der Waals surface area contributed by atoms with Gasteiger partial charge in [-0.15, -0.1) is 0 Å². The minimum Gasteiger partial charge on any atom is -0.508 e. The first kappa shape index (κ1) is 19.8. The summed E-state index contributed by atoms with van der Waals surface area (Å²) in [6.07, 6.45) is 3.84. The monoisotopic (exact) mass is 380 g/mol. The molecule has 1 aromatic heterocycles. The molecule has 148 valence electrons. The number of benzene rings is 2. The largest absolute Gasteiger partial charge is 0.508 e. The number of phenols is 1. The number of rotatable bonds is 8. The second-order valence-electron chi connectivity index (χ2n) is 6.97. The maximum absolute atomic E-state index is 9.71. The molecule has 0 atom stereocenters. The molecule has 28 heavy (non-hydrogen) atoms. The van der Waals surface area contributed by atoms with Crippen LogP contribution in [0, 0.1) is 6.92 Å². The number of hydrogen-bond donors (Lipinski definition) is 1.